The number of benzene rings is 1. The largest absolute Gasteiger partial charge is 0.444 e. The molecule has 2 unspecified atom stereocenters. The second-order valence-electron chi connectivity index (χ2n) is 6.74. The lowest BCUT2D eigenvalue weighted by molar-refractivity contribution is 0.0129. The van der Waals surface area contributed by atoms with Crippen molar-refractivity contribution < 1.29 is 19.7 Å². The Hall–Kier alpha value is -1.59. The summed E-state index contributed by atoms with van der Waals surface area (Å²) in [6.07, 6.45) is 0.521. The van der Waals surface area contributed by atoms with Gasteiger partial charge in [-0.3, -0.25) is 0 Å². The molecule has 0 radical (unpaired) electrons. The lowest BCUT2D eigenvalue weighted by Crippen LogP contribution is -2.38. The van der Waals surface area contributed by atoms with Crippen molar-refractivity contribution in [3.63, 3.8) is 0 Å². The van der Waals surface area contributed by atoms with E-state index in [2.05, 4.69) is 12.2 Å². The van der Waals surface area contributed by atoms with Crippen molar-refractivity contribution >= 4 is 6.09 Å². The third-order valence-corrected chi connectivity index (χ3v) is 3.36. The van der Waals surface area contributed by atoms with Crippen molar-refractivity contribution in [2.75, 3.05) is 6.54 Å². The van der Waals surface area contributed by atoms with Crippen LogP contribution in [0.15, 0.2) is 24.3 Å². The van der Waals surface area contributed by atoms with Crippen LogP contribution in [0.2, 0.25) is 0 Å². The molecule has 0 aliphatic rings. The molecule has 0 saturated heterocycles. The first-order valence-electron chi connectivity index (χ1n) is 8.14. The highest BCUT2D eigenvalue weighted by atomic mass is 16.6. The van der Waals surface area contributed by atoms with Gasteiger partial charge in [-0.15, -0.1) is 0 Å². The van der Waals surface area contributed by atoms with Crippen LogP contribution < -0.4 is 5.32 Å². The van der Waals surface area contributed by atoms with Crippen LogP contribution in [-0.4, -0.2) is 34.6 Å². The molecule has 2 atom stereocenters. The summed E-state index contributed by atoms with van der Waals surface area (Å²) in [4.78, 5) is 11.5. The van der Waals surface area contributed by atoms with Crippen LogP contribution in [0, 0.1) is 0 Å². The van der Waals surface area contributed by atoms with Gasteiger partial charge in [0.05, 0.1) is 0 Å². The zero-order valence-electron chi connectivity index (χ0n) is 14.5. The number of carbonyl (C=O) groups is 1. The Morgan fingerprint density at radius 3 is 2.35 bits per heavy atom. The van der Waals surface area contributed by atoms with Crippen molar-refractivity contribution in [2.24, 2.45) is 0 Å². The Balaban J connectivity index is 2.49. The number of aliphatic hydroxyl groups excluding tert-OH is 2. The van der Waals surface area contributed by atoms with E-state index in [0.717, 1.165) is 19.3 Å². The van der Waals surface area contributed by atoms with Gasteiger partial charge in [-0.1, -0.05) is 37.6 Å². The predicted octanol–water partition coefficient (Wildman–Crippen LogP) is 2.95. The number of hydrogen-bond donors (Lipinski definition) is 3. The van der Waals surface area contributed by atoms with Gasteiger partial charge < -0.3 is 20.3 Å². The number of alkyl carbamates (subject to hydrolysis) is 1. The van der Waals surface area contributed by atoms with Gasteiger partial charge >= 0.3 is 6.09 Å². The molecule has 5 heteroatoms. The van der Waals surface area contributed by atoms with Gasteiger partial charge in [-0.05, 0) is 44.7 Å². The van der Waals surface area contributed by atoms with Crippen LogP contribution in [0.1, 0.15) is 57.8 Å². The van der Waals surface area contributed by atoms with E-state index in [0.29, 0.717) is 5.56 Å². The standard InChI is InChI=1S/C18H29NO4/c1-5-6-7-13-8-10-14(11-9-13)16(21)15(20)12-19-17(22)23-18(2,3)4/h8-11,15-16,20-21H,5-7,12H2,1-4H3,(H,19,22). The van der Waals surface area contributed by atoms with E-state index in [1.807, 2.05) is 24.3 Å². The van der Waals surface area contributed by atoms with E-state index in [1.165, 1.54) is 5.56 Å². The Labute approximate surface area is 138 Å². The number of rotatable bonds is 7. The second kappa shape index (κ2) is 8.89. The number of hydrogen-bond acceptors (Lipinski definition) is 4. The smallest absolute Gasteiger partial charge is 0.407 e. The van der Waals surface area contributed by atoms with Gasteiger partial charge in [-0.25, -0.2) is 4.79 Å². The topological polar surface area (TPSA) is 78.8 Å². The maximum absolute atomic E-state index is 11.5. The first-order chi connectivity index (χ1) is 10.7. The summed E-state index contributed by atoms with van der Waals surface area (Å²) in [6, 6.07) is 7.54. The molecule has 0 aromatic heterocycles. The lowest BCUT2D eigenvalue weighted by atomic mass is 10.0. The van der Waals surface area contributed by atoms with Crippen molar-refractivity contribution in [1.29, 1.82) is 0 Å². The van der Waals surface area contributed by atoms with Gasteiger partial charge in [0, 0.05) is 6.54 Å². The van der Waals surface area contributed by atoms with Gasteiger partial charge in [-0.2, -0.15) is 0 Å². The molecule has 0 spiro atoms. The molecule has 5 nitrogen and oxygen atoms in total. The van der Waals surface area contributed by atoms with E-state index in [1.54, 1.807) is 20.8 Å². The molecule has 3 N–H and O–H groups in total. The monoisotopic (exact) mass is 323 g/mol. The first-order valence-corrected chi connectivity index (χ1v) is 8.14. The zero-order valence-corrected chi connectivity index (χ0v) is 14.5. The minimum Gasteiger partial charge on any atom is -0.444 e. The minimum absolute atomic E-state index is 0.0757. The number of amides is 1. The van der Waals surface area contributed by atoms with Crippen molar-refractivity contribution in [3.05, 3.63) is 35.4 Å². The molecule has 0 aliphatic heterocycles. The summed E-state index contributed by atoms with van der Waals surface area (Å²) in [7, 11) is 0. The number of ether oxygens (including phenoxy) is 1. The number of nitrogens with one attached hydrogen (secondary N) is 1. The van der Waals surface area contributed by atoms with Gasteiger partial charge in [0.2, 0.25) is 0 Å². The molecule has 1 aromatic rings. The molecule has 0 heterocycles. The lowest BCUT2D eigenvalue weighted by Gasteiger charge is -2.22. The SMILES string of the molecule is CCCCc1ccc(C(O)C(O)CNC(=O)OC(C)(C)C)cc1. The van der Waals surface area contributed by atoms with E-state index < -0.39 is 23.9 Å². The molecule has 1 aromatic carbocycles. The third-order valence-electron chi connectivity index (χ3n) is 3.36. The molecule has 0 bridgehead atoms. The van der Waals surface area contributed by atoms with Gasteiger partial charge in [0.15, 0.2) is 0 Å². The minimum atomic E-state index is -1.09. The average molecular weight is 323 g/mol. The van der Waals surface area contributed by atoms with E-state index in [9.17, 15) is 15.0 Å². The highest BCUT2D eigenvalue weighted by Crippen LogP contribution is 2.18. The molecule has 1 amide bonds. The Morgan fingerprint density at radius 2 is 1.83 bits per heavy atom. The molecule has 0 saturated carbocycles. The van der Waals surface area contributed by atoms with Crippen molar-refractivity contribution in [1.82, 2.24) is 5.32 Å². The van der Waals surface area contributed by atoms with Crippen LogP contribution in [-0.2, 0) is 11.2 Å². The normalized spacial score (nSPS) is 14.2. The summed E-state index contributed by atoms with van der Waals surface area (Å²) in [5, 5.41) is 22.6. The molecular formula is C18H29NO4. The average Bonchev–Trinajstić information content (AvgIpc) is 2.48. The zero-order chi connectivity index (χ0) is 17.5. The predicted molar refractivity (Wildman–Crippen MR) is 90.3 cm³/mol. The van der Waals surface area contributed by atoms with Crippen molar-refractivity contribution in [3.8, 4) is 0 Å². The van der Waals surface area contributed by atoms with E-state index >= 15 is 0 Å². The van der Waals surface area contributed by atoms with Crippen LogP contribution in [0.5, 0.6) is 0 Å². The van der Waals surface area contributed by atoms with Gasteiger partial charge in [0.1, 0.15) is 17.8 Å². The summed E-state index contributed by atoms with van der Waals surface area (Å²) in [5.41, 5.74) is 1.25. The van der Waals surface area contributed by atoms with Crippen LogP contribution >= 0.6 is 0 Å². The molecule has 0 aliphatic carbocycles. The molecule has 1 rings (SSSR count). The maximum atomic E-state index is 11.5. The summed E-state index contributed by atoms with van der Waals surface area (Å²) < 4.78 is 5.08. The molecule has 23 heavy (non-hydrogen) atoms. The number of aryl methyl sites for hydroxylation is 1. The summed E-state index contributed by atoms with van der Waals surface area (Å²) in [5.74, 6) is 0. The Morgan fingerprint density at radius 1 is 1.22 bits per heavy atom. The highest BCUT2D eigenvalue weighted by Gasteiger charge is 2.21. The molecule has 130 valence electrons. The van der Waals surface area contributed by atoms with Crippen LogP contribution in [0.4, 0.5) is 4.79 Å². The van der Waals surface area contributed by atoms with Crippen LogP contribution in [0.25, 0.3) is 0 Å². The fraction of sp³-hybridized carbons (Fsp3) is 0.611. The van der Waals surface area contributed by atoms with E-state index in [4.69, 9.17) is 4.74 Å². The quantitative estimate of drug-likeness (QED) is 0.721. The summed E-state index contributed by atoms with van der Waals surface area (Å²) >= 11 is 0. The summed E-state index contributed by atoms with van der Waals surface area (Å²) in [6.45, 7) is 7.35. The van der Waals surface area contributed by atoms with Gasteiger partial charge in [0.25, 0.3) is 0 Å². The van der Waals surface area contributed by atoms with E-state index in [-0.39, 0.29) is 6.54 Å². The number of aliphatic hydroxyl groups is 2. The fourth-order valence-electron chi connectivity index (χ4n) is 2.10. The number of unbranched alkanes of at least 4 members (excludes halogenated alkanes) is 1. The number of carbonyl (C=O) groups excluding carboxylic acids is 1. The first kappa shape index (κ1) is 19.5. The Kier molecular flexibility index (Phi) is 7.52. The Bertz CT molecular complexity index is 479. The molecule has 0 fully saturated rings. The maximum Gasteiger partial charge on any atom is 0.407 e. The molecular weight excluding hydrogens is 294 g/mol. The van der Waals surface area contributed by atoms with Crippen LogP contribution in [0.3, 0.4) is 0 Å². The third kappa shape index (κ3) is 7.48. The van der Waals surface area contributed by atoms with Crippen molar-refractivity contribution in [2.45, 2.75) is 64.8 Å². The second-order valence-corrected chi connectivity index (χ2v) is 6.74. The fourth-order valence-corrected chi connectivity index (χ4v) is 2.10. The highest BCUT2D eigenvalue weighted by molar-refractivity contribution is 5.67.